The van der Waals surface area contributed by atoms with Crippen LogP contribution in [0, 0.1) is 0 Å². The predicted octanol–water partition coefficient (Wildman–Crippen LogP) is 1.84. The van der Waals surface area contributed by atoms with Crippen LogP contribution in [0.1, 0.15) is 22.3 Å². The van der Waals surface area contributed by atoms with Gasteiger partial charge in [-0.2, -0.15) is 0 Å². The van der Waals surface area contributed by atoms with Crippen molar-refractivity contribution in [3.8, 4) is 5.75 Å². The zero-order valence-corrected chi connectivity index (χ0v) is 9.43. The average molecular weight is 232 g/mol. The van der Waals surface area contributed by atoms with E-state index < -0.39 is 5.97 Å². The molecule has 0 saturated carbocycles. The van der Waals surface area contributed by atoms with E-state index in [1.54, 1.807) is 24.3 Å². The number of hydrogen-bond donors (Lipinski definition) is 0. The summed E-state index contributed by atoms with van der Waals surface area (Å²) < 4.78 is 9.89. The summed E-state index contributed by atoms with van der Waals surface area (Å²) in [5, 5.41) is 0. The van der Waals surface area contributed by atoms with Gasteiger partial charge in [-0.1, -0.05) is 6.07 Å². The van der Waals surface area contributed by atoms with E-state index >= 15 is 0 Å². The highest BCUT2D eigenvalue weighted by atomic mass is 16.5. The molecule has 0 amide bonds. The number of carbonyl (C=O) groups excluding carboxylic acids is 2. The van der Waals surface area contributed by atoms with Crippen LogP contribution in [0.25, 0.3) is 6.08 Å². The van der Waals surface area contributed by atoms with Gasteiger partial charge in [0.1, 0.15) is 5.75 Å². The maximum Gasteiger partial charge on any atom is 0.330 e. The first-order valence-corrected chi connectivity index (χ1v) is 5.27. The molecule has 1 aromatic carbocycles. The summed E-state index contributed by atoms with van der Waals surface area (Å²) in [6.45, 7) is 0.413. The van der Waals surface area contributed by atoms with Gasteiger partial charge in [0.25, 0.3) is 0 Å². The van der Waals surface area contributed by atoms with Gasteiger partial charge in [-0.05, 0) is 23.8 Å². The molecule has 4 heteroatoms. The van der Waals surface area contributed by atoms with Crippen molar-refractivity contribution >= 4 is 17.8 Å². The Morgan fingerprint density at radius 3 is 3.06 bits per heavy atom. The van der Waals surface area contributed by atoms with Crippen molar-refractivity contribution in [3.05, 3.63) is 35.4 Å². The zero-order valence-electron chi connectivity index (χ0n) is 9.43. The number of carbonyl (C=O) groups is 2. The minimum atomic E-state index is -0.417. The van der Waals surface area contributed by atoms with E-state index in [-0.39, 0.29) is 5.78 Å². The molecule has 0 N–H and O–H groups in total. The van der Waals surface area contributed by atoms with Gasteiger partial charge in [0.15, 0.2) is 5.78 Å². The fraction of sp³-hybridized carbons (Fsp3) is 0.231. The smallest absolute Gasteiger partial charge is 0.330 e. The number of fused-ring (bicyclic) bond motifs is 1. The topological polar surface area (TPSA) is 52.6 Å². The van der Waals surface area contributed by atoms with E-state index in [0.29, 0.717) is 24.3 Å². The Kier molecular flexibility index (Phi) is 3.23. The van der Waals surface area contributed by atoms with Crippen LogP contribution in [0.5, 0.6) is 5.75 Å². The fourth-order valence-electron chi connectivity index (χ4n) is 1.61. The normalized spacial score (nSPS) is 14.3. The van der Waals surface area contributed by atoms with Crippen LogP contribution in [0.2, 0.25) is 0 Å². The van der Waals surface area contributed by atoms with Gasteiger partial charge >= 0.3 is 5.97 Å². The summed E-state index contributed by atoms with van der Waals surface area (Å²) in [6.07, 6.45) is 3.37. The molecule has 0 aliphatic carbocycles. The number of benzene rings is 1. The van der Waals surface area contributed by atoms with E-state index in [9.17, 15) is 9.59 Å². The minimum absolute atomic E-state index is 0.0924. The van der Waals surface area contributed by atoms with Gasteiger partial charge in [-0.15, -0.1) is 0 Å². The standard InChI is InChI=1S/C13H12O4/c1-16-13(15)5-3-9-2-4-10-11(14)6-7-17-12(10)8-9/h2-5,8H,6-7H2,1H3. The van der Waals surface area contributed by atoms with E-state index in [2.05, 4.69) is 4.74 Å². The quantitative estimate of drug-likeness (QED) is 0.576. The van der Waals surface area contributed by atoms with E-state index in [0.717, 1.165) is 5.56 Å². The molecular formula is C13H12O4. The highest BCUT2D eigenvalue weighted by Crippen LogP contribution is 2.26. The van der Waals surface area contributed by atoms with Gasteiger partial charge in [-0.25, -0.2) is 4.79 Å². The molecular weight excluding hydrogens is 220 g/mol. The number of ether oxygens (including phenoxy) is 2. The summed E-state index contributed by atoms with van der Waals surface area (Å²) in [5.41, 5.74) is 1.40. The van der Waals surface area contributed by atoms with Crippen molar-refractivity contribution in [2.75, 3.05) is 13.7 Å². The molecule has 0 aromatic heterocycles. The average Bonchev–Trinajstić information content (AvgIpc) is 2.36. The van der Waals surface area contributed by atoms with Gasteiger partial charge in [0, 0.05) is 12.5 Å². The monoisotopic (exact) mass is 232 g/mol. The van der Waals surface area contributed by atoms with Crippen LogP contribution in [0.15, 0.2) is 24.3 Å². The molecule has 0 unspecified atom stereocenters. The van der Waals surface area contributed by atoms with Crippen molar-refractivity contribution < 1.29 is 19.1 Å². The lowest BCUT2D eigenvalue weighted by molar-refractivity contribution is -0.134. The first-order chi connectivity index (χ1) is 8.20. The Balaban J connectivity index is 2.24. The first-order valence-electron chi connectivity index (χ1n) is 5.27. The molecule has 88 valence electrons. The lowest BCUT2D eigenvalue weighted by Gasteiger charge is -2.16. The van der Waals surface area contributed by atoms with Crippen molar-refractivity contribution in [1.82, 2.24) is 0 Å². The summed E-state index contributed by atoms with van der Waals surface area (Å²) in [5.74, 6) is 0.253. The van der Waals surface area contributed by atoms with Crippen LogP contribution in [-0.2, 0) is 9.53 Å². The second-order valence-corrected chi connectivity index (χ2v) is 3.63. The Morgan fingerprint density at radius 1 is 1.47 bits per heavy atom. The van der Waals surface area contributed by atoms with Gasteiger partial charge < -0.3 is 9.47 Å². The lowest BCUT2D eigenvalue weighted by Crippen LogP contribution is -2.15. The largest absolute Gasteiger partial charge is 0.492 e. The maximum absolute atomic E-state index is 11.5. The molecule has 4 nitrogen and oxygen atoms in total. The van der Waals surface area contributed by atoms with Crippen LogP contribution in [0.4, 0.5) is 0 Å². The lowest BCUT2D eigenvalue weighted by atomic mass is 10.0. The van der Waals surface area contributed by atoms with Gasteiger partial charge in [0.2, 0.25) is 0 Å². The highest BCUT2D eigenvalue weighted by molar-refractivity contribution is 6.00. The number of rotatable bonds is 2. The van der Waals surface area contributed by atoms with Gasteiger partial charge in [-0.3, -0.25) is 4.79 Å². The predicted molar refractivity (Wildman–Crippen MR) is 61.9 cm³/mol. The number of ketones is 1. The molecule has 1 heterocycles. The van der Waals surface area contributed by atoms with Crippen LogP contribution >= 0.6 is 0 Å². The fourth-order valence-corrected chi connectivity index (χ4v) is 1.61. The van der Waals surface area contributed by atoms with Crippen molar-refractivity contribution in [2.45, 2.75) is 6.42 Å². The molecule has 0 atom stereocenters. The molecule has 1 aliphatic heterocycles. The molecule has 0 radical (unpaired) electrons. The van der Waals surface area contributed by atoms with Crippen molar-refractivity contribution in [3.63, 3.8) is 0 Å². The minimum Gasteiger partial charge on any atom is -0.492 e. The molecule has 0 spiro atoms. The number of esters is 1. The molecule has 0 saturated heterocycles. The molecule has 2 rings (SSSR count). The first kappa shape index (κ1) is 11.4. The molecule has 1 aromatic rings. The van der Waals surface area contributed by atoms with Crippen molar-refractivity contribution in [1.29, 1.82) is 0 Å². The SMILES string of the molecule is COC(=O)C=Cc1ccc2c(c1)OCCC2=O. The molecule has 0 bridgehead atoms. The molecule has 0 fully saturated rings. The Labute approximate surface area is 98.8 Å². The maximum atomic E-state index is 11.5. The third-order valence-corrected chi connectivity index (χ3v) is 2.51. The highest BCUT2D eigenvalue weighted by Gasteiger charge is 2.17. The summed E-state index contributed by atoms with van der Waals surface area (Å²) in [7, 11) is 1.32. The molecule has 17 heavy (non-hydrogen) atoms. The summed E-state index contributed by atoms with van der Waals surface area (Å²) in [6, 6.07) is 5.23. The van der Waals surface area contributed by atoms with Gasteiger partial charge in [0.05, 0.1) is 19.3 Å². The Bertz CT molecular complexity index is 488. The molecule has 1 aliphatic rings. The second-order valence-electron chi connectivity index (χ2n) is 3.63. The third kappa shape index (κ3) is 2.53. The van der Waals surface area contributed by atoms with Crippen molar-refractivity contribution in [2.24, 2.45) is 0 Å². The Morgan fingerprint density at radius 2 is 2.29 bits per heavy atom. The van der Waals surface area contributed by atoms with Crippen LogP contribution in [0.3, 0.4) is 0 Å². The number of methoxy groups -OCH3 is 1. The van der Waals surface area contributed by atoms with E-state index in [1.165, 1.54) is 13.2 Å². The Hall–Kier alpha value is -2.10. The second kappa shape index (κ2) is 4.82. The number of Topliss-reactive ketones (excluding diaryl/α,β-unsaturated/α-hetero) is 1. The third-order valence-electron chi connectivity index (χ3n) is 2.51. The van der Waals surface area contributed by atoms with Crippen LogP contribution < -0.4 is 4.74 Å². The number of hydrogen-bond acceptors (Lipinski definition) is 4. The van der Waals surface area contributed by atoms with E-state index in [4.69, 9.17) is 4.74 Å². The van der Waals surface area contributed by atoms with E-state index in [1.807, 2.05) is 0 Å². The van der Waals surface area contributed by atoms with Crippen LogP contribution in [-0.4, -0.2) is 25.5 Å². The summed E-state index contributed by atoms with van der Waals surface area (Å²) >= 11 is 0. The zero-order chi connectivity index (χ0) is 12.3. The summed E-state index contributed by atoms with van der Waals surface area (Å²) in [4.78, 5) is 22.5.